The Bertz CT molecular complexity index is 1740. The van der Waals surface area contributed by atoms with Gasteiger partial charge in [-0.2, -0.15) is 26.3 Å². The van der Waals surface area contributed by atoms with Crippen LogP contribution in [-0.2, 0) is 28.4 Å². The fourth-order valence-electron chi connectivity index (χ4n) is 6.00. The first-order valence-electron chi connectivity index (χ1n) is 15.5. The molecule has 49 heavy (non-hydrogen) atoms. The molecule has 0 fully saturated rings. The number of carboxylic acids is 1. The number of aliphatic carboxylic acids is 1. The lowest BCUT2D eigenvalue weighted by Gasteiger charge is -2.27. The number of hydrogen-bond acceptors (Lipinski definition) is 4. The SMILES string of the molecule is Cc1cc(C)c(-c2cc([C@H](CC(=O)O)NC(=O)C(CC(C)C)n3cc(CCN(C)C)c(C(F)(F)F)cc3=O)c(F)c(C(F)(F)F)c2)c(C)c1. The molecule has 14 heteroatoms. The highest BCUT2D eigenvalue weighted by molar-refractivity contribution is 5.82. The highest BCUT2D eigenvalue weighted by Crippen LogP contribution is 2.40. The summed E-state index contributed by atoms with van der Waals surface area (Å²) in [6.07, 6.45) is -10.5. The van der Waals surface area contributed by atoms with Crippen LogP contribution in [0.25, 0.3) is 11.1 Å². The predicted octanol–water partition coefficient (Wildman–Crippen LogP) is 7.64. The van der Waals surface area contributed by atoms with E-state index >= 15 is 4.39 Å². The molecule has 2 N–H and O–H groups in total. The van der Waals surface area contributed by atoms with Crippen molar-refractivity contribution < 1.29 is 45.4 Å². The topological polar surface area (TPSA) is 91.6 Å². The van der Waals surface area contributed by atoms with Crippen LogP contribution in [0.2, 0.25) is 0 Å². The van der Waals surface area contributed by atoms with Gasteiger partial charge in [-0.3, -0.25) is 14.4 Å². The van der Waals surface area contributed by atoms with E-state index in [1.54, 1.807) is 65.7 Å². The van der Waals surface area contributed by atoms with E-state index in [1.165, 1.54) is 0 Å². The molecule has 2 atom stereocenters. The number of benzene rings is 2. The summed E-state index contributed by atoms with van der Waals surface area (Å²) in [5.41, 5.74) is -2.78. The highest BCUT2D eigenvalue weighted by atomic mass is 19.4. The Morgan fingerprint density at radius 2 is 1.49 bits per heavy atom. The Morgan fingerprint density at radius 3 is 1.98 bits per heavy atom. The number of halogens is 7. The number of nitrogens with zero attached hydrogens (tertiary/aromatic N) is 2. The molecular weight excluding hydrogens is 659 g/mol. The second-order valence-corrected chi connectivity index (χ2v) is 13.0. The van der Waals surface area contributed by atoms with Gasteiger partial charge in [0.15, 0.2) is 0 Å². The number of carbonyl (C=O) groups excluding carboxylic acids is 1. The van der Waals surface area contributed by atoms with Crippen LogP contribution in [-0.4, -0.2) is 47.1 Å². The number of aryl methyl sites for hydroxylation is 3. The molecule has 3 aromatic rings. The lowest BCUT2D eigenvalue weighted by molar-refractivity contribution is -0.140. The lowest BCUT2D eigenvalue weighted by Crippen LogP contribution is -2.41. The summed E-state index contributed by atoms with van der Waals surface area (Å²) in [5, 5.41) is 12.0. The van der Waals surface area contributed by atoms with Crippen molar-refractivity contribution in [3.05, 3.63) is 91.6 Å². The Hall–Kier alpha value is -4.20. The van der Waals surface area contributed by atoms with Gasteiger partial charge >= 0.3 is 18.3 Å². The van der Waals surface area contributed by atoms with Gasteiger partial charge in [0, 0.05) is 24.4 Å². The summed E-state index contributed by atoms with van der Waals surface area (Å²) in [5.74, 6) is -4.79. The molecule has 7 nitrogen and oxygen atoms in total. The number of amides is 1. The monoisotopic (exact) mass is 699 g/mol. The summed E-state index contributed by atoms with van der Waals surface area (Å²) >= 11 is 0. The number of pyridine rings is 1. The second kappa shape index (κ2) is 15.1. The van der Waals surface area contributed by atoms with Crippen molar-refractivity contribution in [2.24, 2.45) is 5.92 Å². The largest absolute Gasteiger partial charge is 0.481 e. The maximum atomic E-state index is 15.8. The van der Waals surface area contributed by atoms with Gasteiger partial charge in [-0.25, -0.2) is 4.39 Å². The third-order valence-corrected chi connectivity index (χ3v) is 8.07. The number of hydrogen-bond donors (Lipinski definition) is 2. The molecule has 1 aromatic heterocycles. The van der Waals surface area contributed by atoms with Crippen LogP contribution in [0.3, 0.4) is 0 Å². The average Bonchev–Trinajstić information content (AvgIpc) is 2.93. The van der Waals surface area contributed by atoms with Crippen LogP contribution in [0, 0.1) is 32.5 Å². The molecule has 2 aromatic carbocycles. The fraction of sp³-hybridized carbons (Fsp3) is 0.457. The zero-order valence-electron chi connectivity index (χ0n) is 28.2. The summed E-state index contributed by atoms with van der Waals surface area (Å²) in [7, 11) is 3.28. The third-order valence-electron chi connectivity index (χ3n) is 8.07. The first-order chi connectivity index (χ1) is 22.5. The molecule has 0 radical (unpaired) electrons. The predicted molar refractivity (Wildman–Crippen MR) is 171 cm³/mol. The van der Waals surface area contributed by atoms with Crippen LogP contribution >= 0.6 is 0 Å². The van der Waals surface area contributed by atoms with E-state index in [1.807, 2.05) is 0 Å². The van der Waals surface area contributed by atoms with Crippen LogP contribution in [0.1, 0.15) is 77.7 Å². The van der Waals surface area contributed by atoms with Gasteiger partial charge in [0.2, 0.25) is 5.91 Å². The van der Waals surface area contributed by atoms with Gasteiger partial charge in [0.25, 0.3) is 5.56 Å². The zero-order chi connectivity index (χ0) is 37.2. The molecule has 0 saturated heterocycles. The van der Waals surface area contributed by atoms with E-state index in [2.05, 4.69) is 5.32 Å². The summed E-state index contributed by atoms with van der Waals surface area (Å²) in [4.78, 5) is 40.6. The highest BCUT2D eigenvalue weighted by Gasteiger charge is 2.39. The van der Waals surface area contributed by atoms with Crippen molar-refractivity contribution in [1.29, 1.82) is 0 Å². The number of nitrogens with one attached hydrogen (secondary N) is 1. The van der Waals surface area contributed by atoms with Crippen molar-refractivity contribution in [3.8, 4) is 11.1 Å². The van der Waals surface area contributed by atoms with Crippen molar-refractivity contribution >= 4 is 11.9 Å². The zero-order valence-corrected chi connectivity index (χ0v) is 28.2. The van der Waals surface area contributed by atoms with Crippen molar-refractivity contribution in [3.63, 3.8) is 0 Å². The molecule has 3 rings (SSSR count). The lowest BCUT2D eigenvalue weighted by atomic mass is 9.89. The minimum atomic E-state index is -5.20. The van der Waals surface area contributed by atoms with Crippen LogP contribution in [0.4, 0.5) is 30.7 Å². The average molecular weight is 700 g/mol. The van der Waals surface area contributed by atoms with E-state index in [0.29, 0.717) is 28.8 Å². The summed E-state index contributed by atoms with van der Waals surface area (Å²) < 4.78 is 101. The number of rotatable bonds is 12. The Labute approximate surface area is 279 Å². The molecule has 1 amide bonds. The minimum absolute atomic E-state index is 0.0633. The van der Waals surface area contributed by atoms with Gasteiger partial charge in [0.1, 0.15) is 11.9 Å². The number of aromatic nitrogens is 1. The standard InChI is InChI=1S/C35H40F7N3O4/c1-18(2)10-28(45-17-22(8-9-44(6)7)25(15-29(45)46)34(37,38)39)33(49)43-27(16-30(47)48)24-13-23(14-26(32(24)36)35(40,41)42)31-20(4)11-19(3)12-21(31)5/h11-15,17-18,27-28H,8-10,16H2,1-7H3,(H,43,49)(H,47,48)/t27-,28?/m0/s1. The van der Waals surface area contributed by atoms with Crippen LogP contribution < -0.4 is 10.9 Å². The molecular formula is C35H40F7N3O4. The van der Waals surface area contributed by atoms with Gasteiger partial charge in [-0.15, -0.1) is 0 Å². The molecule has 0 aliphatic rings. The maximum absolute atomic E-state index is 15.8. The number of alkyl halides is 6. The fourth-order valence-corrected chi connectivity index (χ4v) is 6.00. The van der Waals surface area contributed by atoms with E-state index in [4.69, 9.17) is 0 Å². The summed E-state index contributed by atoms with van der Waals surface area (Å²) in [6, 6.07) is 2.14. The van der Waals surface area contributed by atoms with Gasteiger partial charge in [-0.05, 0) is 93.6 Å². The Morgan fingerprint density at radius 1 is 0.918 bits per heavy atom. The molecule has 0 bridgehead atoms. The minimum Gasteiger partial charge on any atom is -0.481 e. The van der Waals surface area contributed by atoms with Crippen molar-refractivity contribution in [2.45, 2.75) is 78.3 Å². The van der Waals surface area contributed by atoms with E-state index in [-0.39, 0.29) is 36.4 Å². The maximum Gasteiger partial charge on any atom is 0.419 e. The second-order valence-electron chi connectivity index (χ2n) is 13.0. The molecule has 0 saturated carbocycles. The molecule has 0 spiro atoms. The van der Waals surface area contributed by atoms with Gasteiger partial charge in [0.05, 0.1) is 23.6 Å². The molecule has 1 unspecified atom stereocenters. The number of carboxylic acid groups (broad SMARTS) is 1. The van der Waals surface area contributed by atoms with E-state index in [0.717, 1.165) is 22.4 Å². The third kappa shape index (κ3) is 9.71. The van der Waals surface area contributed by atoms with Crippen molar-refractivity contribution in [2.75, 3.05) is 20.6 Å². The molecule has 0 aliphatic heterocycles. The van der Waals surface area contributed by atoms with Gasteiger partial charge in [-0.1, -0.05) is 31.5 Å². The normalized spacial score (nSPS) is 13.6. The smallest absolute Gasteiger partial charge is 0.419 e. The summed E-state index contributed by atoms with van der Waals surface area (Å²) in [6.45, 7) is 8.62. The van der Waals surface area contributed by atoms with Crippen LogP contribution in [0.5, 0.6) is 0 Å². The molecule has 0 aliphatic carbocycles. The first kappa shape index (κ1) is 39.2. The Kier molecular flexibility index (Phi) is 12.1. The quantitative estimate of drug-likeness (QED) is 0.190. The van der Waals surface area contributed by atoms with E-state index < -0.39 is 70.8 Å². The van der Waals surface area contributed by atoms with Crippen LogP contribution in [0.15, 0.2) is 41.3 Å². The molecule has 1 heterocycles. The van der Waals surface area contributed by atoms with Crippen molar-refractivity contribution in [1.82, 2.24) is 14.8 Å². The molecule has 268 valence electrons. The van der Waals surface area contributed by atoms with Gasteiger partial charge < -0.3 is 19.9 Å². The number of likely N-dealkylation sites (N-methyl/N-ethyl adjacent to an activating group) is 1. The number of carbonyl (C=O) groups is 2. The Balaban J connectivity index is 2.24. The first-order valence-corrected chi connectivity index (χ1v) is 15.5. The van der Waals surface area contributed by atoms with E-state index in [9.17, 15) is 45.8 Å².